The van der Waals surface area contributed by atoms with Crippen LogP contribution in [0.15, 0.2) is 24.3 Å². The van der Waals surface area contributed by atoms with E-state index >= 15 is 0 Å². The maximum Gasteiger partial charge on any atom is 0.409 e. The van der Waals surface area contributed by atoms with E-state index in [9.17, 15) is 9.59 Å². The number of methoxy groups -OCH3 is 2. The van der Waals surface area contributed by atoms with E-state index < -0.39 is 0 Å². The largest absolute Gasteiger partial charge is 0.497 e. The van der Waals surface area contributed by atoms with Crippen LogP contribution < -0.4 is 10.1 Å². The predicted molar refractivity (Wildman–Crippen MR) is 80.8 cm³/mol. The topological polar surface area (TPSA) is 71.1 Å². The Labute approximate surface area is 129 Å². The van der Waals surface area contributed by atoms with Crippen molar-refractivity contribution in [2.45, 2.75) is 6.54 Å². The summed E-state index contributed by atoms with van der Waals surface area (Å²) in [6.45, 7) is 2.44. The van der Waals surface area contributed by atoms with Crippen LogP contribution in [-0.2, 0) is 11.3 Å². The highest BCUT2D eigenvalue weighted by atomic mass is 16.5. The monoisotopic (exact) mass is 307 g/mol. The molecule has 1 heterocycles. The third kappa shape index (κ3) is 4.03. The molecule has 0 aromatic heterocycles. The van der Waals surface area contributed by atoms with Crippen LogP contribution in [0.5, 0.6) is 5.75 Å². The van der Waals surface area contributed by atoms with E-state index in [0.29, 0.717) is 32.7 Å². The molecule has 0 atom stereocenters. The Kier molecular flexibility index (Phi) is 5.46. The van der Waals surface area contributed by atoms with Crippen molar-refractivity contribution in [3.8, 4) is 5.75 Å². The summed E-state index contributed by atoms with van der Waals surface area (Å²) in [6, 6.07) is 7.41. The van der Waals surface area contributed by atoms with E-state index in [-0.39, 0.29) is 12.1 Å². The Bertz CT molecular complexity index is 510. The van der Waals surface area contributed by atoms with Crippen LogP contribution in [0.2, 0.25) is 0 Å². The first-order valence-electron chi connectivity index (χ1n) is 7.12. The molecule has 7 heteroatoms. The van der Waals surface area contributed by atoms with E-state index in [1.165, 1.54) is 7.11 Å². The van der Waals surface area contributed by atoms with E-state index in [2.05, 4.69) is 10.1 Å². The first-order chi connectivity index (χ1) is 10.6. The average Bonchev–Trinajstić information content (AvgIpc) is 2.59. The van der Waals surface area contributed by atoms with Gasteiger partial charge in [-0.05, 0) is 17.7 Å². The zero-order valence-electron chi connectivity index (χ0n) is 12.9. The summed E-state index contributed by atoms with van der Waals surface area (Å²) in [5.74, 6) is 0.786. The van der Waals surface area contributed by atoms with Crippen molar-refractivity contribution in [3.63, 3.8) is 0 Å². The van der Waals surface area contributed by atoms with E-state index in [4.69, 9.17) is 4.74 Å². The van der Waals surface area contributed by atoms with E-state index in [0.717, 1.165) is 11.3 Å². The molecule has 2 rings (SSSR count). The van der Waals surface area contributed by atoms with Gasteiger partial charge in [0.1, 0.15) is 5.75 Å². The van der Waals surface area contributed by atoms with Gasteiger partial charge in [0.15, 0.2) is 0 Å². The minimum atomic E-state index is -0.349. The second-order valence-electron chi connectivity index (χ2n) is 4.95. The maximum absolute atomic E-state index is 12.1. The van der Waals surface area contributed by atoms with E-state index in [1.54, 1.807) is 16.9 Å². The van der Waals surface area contributed by atoms with E-state index in [1.807, 2.05) is 24.3 Å². The number of nitrogens with zero attached hydrogens (tertiary/aromatic N) is 2. The highest BCUT2D eigenvalue weighted by Crippen LogP contribution is 2.11. The summed E-state index contributed by atoms with van der Waals surface area (Å²) in [5.41, 5.74) is 1.00. The molecule has 22 heavy (non-hydrogen) atoms. The molecule has 1 fully saturated rings. The summed E-state index contributed by atoms with van der Waals surface area (Å²) >= 11 is 0. The number of amides is 3. The lowest BCUT2D eigenvalue weighted by atomic mass is 10.2. The van der Waals surface area contributed by atoms with Gasteiger partial charge >= 0.3 is 12.1 Å². The minimum absolute atomic E-state index is 0.125. The Morgan fingerprint density at radius 1 is 1.05 bits per heavy atom. The number of carbonyl (C=O) groups excluding carboxylic acids is 2. The molecule has 0 saturated carbocycles. The molecule has 1 aliphatic rings. The lowest BCUT2D eigenvalue weighted by molar-refractivity contribution is 0.0970. The molecular weight excluding hydrogens is 286 g/mol. The average molecular weight is 307 g/mol. The summed E-state index contributed by atoms with van der Waals surface area (Å²) in [4.78, 5) is 26.8. The summed E-state index contributed by atoms with van der Waals surface area (Å²) in [6.07, 6.45) is -0.349. The quantitative estimate of drug-likeness (QED) is 0.913. The van der Waals surface area contributed by atoms with Crippen LogP contribution in [0.4, 0.5) is 9.59 Å². The van der Waals surface area contributed by atoms with Gasteiger partial charge in [0, 0.05) is 32.7 Å². The van der Waals surface area contributed by atoms with Crippen molar-refractivity contribution in [3.05, 3.63) is 29.8 Å². The van der Waals surface area contributed by atoms with Crippen molar-refractivity contribution in [2.24, 2.45) is 0 Å². The number of urea groups is 1. The molecule has 0 radical (unpaired) electrons. The van der Waals surface area contributed by atoms with Crippen molar-refractivity contribution in [1.29, 1.82) is 0 Å². The fraction of sp³-hybridized carbons (Fsp3) is 0.467. The summed E-state index contributed by atoms with van der Waals surface area (Å²) in [5, 5.41) is 2.88. The first-order valence-corrected chi connectivity index (χ1v) is 7.12. The number of benzene rings is 1. The molecule has 0 aliphatic carbocycles. The lowest BCUT2D eigenvalue weighted by Crippen LogP contribution is -2.53. The van der Waals surface area contributed by atoms with Crippen LogP contribution >= 0.6 is 0 Å². The van der Waals surface area contributed by atoms with Crippen molar-refractivity contribution < 1.29 is 19.1 Å². The zero-order chi connectivity index (χ0) is 15.9. The fourth-order valence-electron chi connectivity index (χ4n) is 2.25. The molecule has 120 valence electrons. The number of rotatable bonds is 3. The number of hydrogen-bond donors (Lipinski definition) is 1. The highest BCUT2D eigenvalue weighted by molar-refractivity contribution is 5.75. The van der Waals surface area contributed by atoms with Crippen LogP contribution in [0.3, 0.4) is 0 Å². The Morgan fingerprint density at radius 2 is 1.64 bits per heavy atom. The van der Waals surface area contributed by atoms with Crippen LogP contribution in [0, 0.1) is 0 Å². The second kappa shape index (κ2) is 7.53. The first kappa shape index (κ1) is 15.9. The molecule has 1 aromatic carbocycles. The van der Waals surface area contributed by atoms with Crippen molar-refractivity contribution in [1.82, 2.24) is 15.1 Å². The predicted octanol–water partition coefficient (Wildman–Crippen LogP) is 1.29. The standard InChI is InChI=1S/C15H21N3O4/c1-21-13-5-3-12(4-6-13)11-16-14(19)17-7-9-18(10-8-17)15(20)22-2/h3-6H,7-11H2,1-2H3,(H,16,19). The normalized spacial score (nSPS) is 14.5. The SMILES string of the molecule is COC(=O)N1CCN(C(=O)NCc2ccc(OC)cc2)CC1. The molecule has 7 nitrogen and oxygen atoms in total. The lowest BCUT2D eigenvalue weighted by Gasteiger charge is -2.33. The third-order valence-corrected chi connectivity index (χ3v) is 3.60. The Balaban J connectivity index is 1.77. The van der Waals surface area contributed by atoms with Gasteiger partial charge in [-0.1, -0.05) is 12.1 Å². The molecule has 1 N–H and O–H groups in total. The third-order valence-electron chi connectivity index (χ3n) is 3.60. The van der Waals surface area contributed by atoms with Crippen LogP contribution in [-0.4, -0.2) is 62.3 Å². The summed E-state index contributed by atoms with van der Waals surface area (Å²) in [7, 11) is 2.97. The van der Waals surface area contributed by atoms with Gasteiger partial charge in [-0.25, -0.2) is 9.59 Å². The maximum atomic E-state index is 12.1. The Hall–Kier alpha value is -2.44. The molecule has 1 saturated heterocycles. The Morgan fingerprint density at radius 3 is 2.18 bits per heavy atom. The minimum Gasteiger partial charge on any atom is -0.497 e. The molecule has 0 unspecified atom stereocenters. The van der Waals surface area contributed by atoms with Crippen molar-refractivity contribution in [2.75, 3.05) is 40.4 Å². The van der Waals surface area contributed by atoms with Gasteiger partial charge in [0.05, 0.1) is 14.2 Å². The zero-order valence-corrected chi connectivity index (χ0v) is 12.9. The summed E-state index contributed by atoms with van der Waals surface area (Å²) < 4.78 is 9.76. The van der Waals surface area contributed by atoms with Gasteiger partial charge in [-0.15, -0.1) is 0 Å². The molecular formula is C15H21N3O4. The number of ether oxygens (including phenoxy) is 2. The van der Waals surface area contributed by atoms with Gasteiger partial charge in [-0.2, -0.15) is 0 Å². The second-order valence-corrected chi connectivity index (χ2v) is 4.95. The van der Waals surface area contributed by atoms with Crippen LogP contribution in [0.1, 0.15) is 5.56 Å². The number of carbonyl (C=O) groups is 2. The highest BCUT2D eigenvalue weighted by Gasteiger charge is 2.24. The van der Waals surface area contributed by atoms with Gasteiger partial charge in [0.25, 0.3) is 0 Å². The molecule has 1 aromatic rings. The fourth-order valence-corrected chi connectivity index (χ4v) is 2.25. The number of nitrogens with one attached hydrogen (secondary N) is 1. The van der Waals surface area contributed by atoms with Gasteiger partial charge in [0.2, 0.25) is 0 Å². The smallest absolute Gasteiger partial charge is 0.409 e. The molecule has 0 bridgehead atoms. The van der Waals surface area contributed by atoms with Gasteiger partial charge < -0.3 is 24.6 Å². The van der Waals surface area contributed by atoms with Crippen molar-refractivity contribution >= 4 is 12.1 Å². The number of piperazine rings is 1. The molecule has 3 amide bonds. The molecule has 0 spiro atoms. The number of hydrogen-bond acceptors (Lipinski definition) is 4. The van der Waals surface area contributed by atoms with Crippen LogP contribution in [0.25, 0.3) is 0 Å². The molecule has 1 aliphatic heterocycles. The van der Waals surface area contributed by atoms with Gasteiger partial charge in [-0.3, -0.25) is 0 Å².